The summed E-state index contributed by atoms with van der Waals surface area (Å²) in [5, 5.41) is 3.77. The molecule has 0 aliphatic carbocycles. The van der Waals surface area contributed by atoms with E-state index in [4.69, 9.17) is 9.47 Å². The van der Waals surface area contributed by atoms with Gasteiger partial charge in [-0.1, -0.05) is 30.3 Å². The Morgan fingerprint density at radius 3 is 2.59 bits per heavy atom. The molecule has 2 rings (SSSR count). The number of carbonyl (C=O) groups excluding carboxylic acids is 3. The number of piperidine rings is 1. The number of rotatable bonds is 4. The topological polar surface area (TPSA) is 97.0 Å². The van der Waals surface area contributed by atoms with E-state index in [9.17, 15) is 14.4 Å². The van der Waals surface area contributed by atoms with Gasteiger partial charge in [0, 0.05) is 6.54 Å². The van der Waals surface area contributed by atoms with Gasteiger partial charge in [0.05, 0.1) is 12.5 Å². The second-order valence-electron chi connectivity index (χ2n) is 7.39. The number of hydrogen-bond acceptors (Lipinski definition) is 5. The number of benzene rings is 1. The lowest BCUT2D eigenvalue weighted by molar-refractivity contribution is -0.127. The lowest BCUT2D eigenvalue weighted by Gasteiger charge is -2.31. The van der Waals surface area contributed by atoms with Gasteiger partial charge in [-0.05, 0) is 39.2 Å². The van der Waals surface area contributed by atoms with Crippen LogP contribution in [0.4, 0.5) is 9.59 Å². The second kappa shape index (κ2) is 9.25. The van der Waals surface area contributed by atoms with Gasteiger partial charge in [-0.2, -0.15) is 0 Å². The standard InChI is InChI=1S/C19H27N3O5/c1-19(2,3)27-18(25)22(12-15-10-7-11-20-16(15)23)21-17(24)26-13-14-8-5-4-6-9-14/h4-6,8-9,15H,7,10-13H2,1-3H3,(H,20,23)(H,21,24). The molecule has 3 amide bonds. The summed E-state index contributed by atoms with van der Waals surface area (Å²) in [5.41, 5.74) is 2.48. The van der Waals surface area contributed by atoms with Gasteiger partial charge in [-0.15, -0.1) is 0 Å². The van der Waals surface area contributed by atoms with Crippen molar-refractivity contribution in [2.24, 2.45) is 5.92 Å². The second-order valence-corrected chi connectivity index (χ2v) is 7.39. The molecule has 2 N–H and O–H groups in total. The number of nitrogens with zero attached hydrogens (tertiary/aromatic N) is 1. The Morgan fingerprint density at radius 1 is 1.26 bits per heavy atom. The molecular formula is C19H27N3O5. The van der Waals surface area contributed by atoms with Crippen molar-refractivity contribution in [2.45, 2.75) is 45.8 Å². The molecule has 0 aromatic heterocycles. The molecular weight excluding hydrogens is 350 g/mol. The average Bonchev–Trinajstić information content (AvgIpc) is 2.60. The number of amides is 3. The van der Waals surface area contributed by atoms with Gasteiger partial charge in [0.25, 0.3) is 0 Å². The summed E-state index contributed by atoms with van der Waals surface area (Å²) in [4.78, 5) is 36.6. The van der Waals surface area contributed by atoms with E-state index in [0.717, 1.165) is 17.0 Å². The lowest BCUT2D eigenvalue weighted by atomic mass is 9.98. The van der Waals surface area contributed by atoms with Crippen molar-refractivity contribution in [1.29, 1.82) is 0 Å². The quantitative estimate of drug-likeness (QED) is 0.786. The first-order valence-corrected chi connectivity index (χ1v) is 9.00. The molecule has 1 heterocycles. The summed E-state index contributed by atoms with van der Waals surface area (Å²) >= 11 is 0. The number of carbonyl (C=O) groups is 3. The van der Waals surface area contributed by atoms with Crippen LogP contribution in [0.5, 0.6) is 0 Å². The van der Waals surface area contributed by atoms with Crippen molar-refractivity contribution in [3.63, 3.8) is 0 Å². The van der Waals surface area contributed by atoms with Crippen molar-refractivity contribution in [3.8, 4) is 0 Å². The molecule has 8 heteroatoms. The van der Waals surface area contributed by atoms with Gasteiger partial charge in [-0.3, -0.25) is 4.79 Å². The SMILES string of the molecule is CC(C)(C)OC(=O)N(CC1CCCNC1=O)NC(=O)OCc1ccccc1. The van der Waals surface area contributed by atoms with Crippen LogP contribution < -0.4 is 10.7 Å². The van der Waals surface area contributed by atoms with E-state index in [1.54, 1.807) is 20.8 Å². The minimum absolute atomic E-state index is 0.0151. The fraction of sp³-hybridized carbons (Fsp3) is 0.526. The minimum atomic E-state index is -0.791. The normalized spacial score (nSPS) is 16.9. The Morgan fingerprint density at radius 2 is 1.96 bits per heavy atom. The maximum atomic E-state index is 12.5. The van der Waals surface area contributed by atoms with Crippen LogP contribution in [-0.2, 0) is 20.9 Å². The van der Waals surface area contributed by atoms with Crippen LogP contribution in [0.15, 0.2) is 30.3 Å². The molecule has 1 unspecified atom stereocenters. The van der Waals surface area contributed by atoms with Gasteiger partial charge >= 0.3 is 12.2 Å². The van der Waals surface area contributed by atoms with Crippen molar-refractivity contribution in [2.75, 3.05) is 13.1 Å². The van der Waals surface area contributed by atoms with E-state index in [1.165, 1.54) is 0 Å². The van der Waals surface area contributed by atoms with Crippen molar-refractivity contribution in [1.82, 2.24) is 15.8 Å². The average molecular weight is 377 g/mol. The first-order valence-electron chi connectivity index (χ1n) is 9.00. The summed E-state index contributed by atoms with van der Waals surface area (Å²) in [6, 6.07) is 9.19. The Balaban J connectivity index is 1.98. The van der Waals surface area contributed by atoms with Crippen LogP contribution in [0, 0.1) is 5.92 Å². The van der Waals surface area contributed by atoms with E-state index >= 15 is 0 Å². The van der Waals surface area contributed by atoms with Crippen molar-refractivity contribution in [3.05, 3.63) is 35.9 Å². The maximum absolute atomic E-state index is 12.5. The van der Waals surface area contributed by atoms with Crippen molar-refractivity contribution >= 4 is 18.1 Å². The fourth-order valence-electron chi connectivity index (χ4n) is 2.58. The molecule has 1 aliphatic rings. The van der Waals surface area contributed by atoms with E-state index in [-0.39, 0.29) is 19.1 Å². The fourth-order valence-corrected chi connectivity index (χ4v) is 2.58. The highest BCUT2D eigenvalue weighted by atomic mass is 16.6. The predicted molar refractivity (Wildman–Crippen MR) is 98.4 cm³/mol. The molecule has 27 heavy (non-hydrogen) atoms. The molecule has 1 fully saturated rings. The Hall–Kier alpha value is -2.77. The van der Waals surface area contributed by atoms with E-state index in [0.29, 0.717) is 13.0 Å². The summed E-state index contributed by atoms with van der Waals surface area (Å²) in [7, 11) is 0. The van der Waals surface area contributed by atoms with Crippen LogP contribution in [0.2, 0.25) is 0 Å². The van der Waals surface area contributed by atoms with Crippen LogP contribution in [0.25, 0.3) is 0 Å². The van der Waals surface area contributed by atoms with Crippen LogP contribution in [0.1, 0.15) is 39.2 Å². The Bertz CT molecular complexity index is 657. The molecule has 0 radical (unpaired) electrons. The number of ether oxygens (including phenoxy) is 2. The zero-order valence-electron chi connectivity index (χ0n) is 16.0. The molecule has 8 nitrogen and oxygen atoms in total. The molecule has 0 saturated carbocycles. The van der Waals surface area contributed by atoms with E-state index in [1.807, 2.05) is 30.3 Å². The summed E-state index contributed by atoms with van der Waals surface area (Å²) in [5.74, 6) is -0.560. The van der Waals surface area contributed by atoms with Crippen molar-refractivity contribution < 1.29 is 23.9 Å². The monoisotopic (exact) mass is 377 g/mol. The van der Waals surface area contributed by atoms with E-state index < -0.39 is 23.7 Å². The van der Waals surface area contributed by atoms with Gasteiger partial charge in [0.2, 0.25) is 5.91 Å². The molecule has 1 saturated heterocycles. The number of hydrazine groups is 1. The molecule has 1 aromatic rings. The van der Waals surface area contributed by atoms with Gasteiger partial charge in [-0.25, -0.2) is 20.0 Å². The third kappa shape index (κ3) is 7.16. The molecule has 0 bridgehead atoms. The molecule has 148 valence electrons. The first kappa shape index (κ1) is 20.5. The van der Waals surface area contributed by atoms with Crippen LogP contribution >= 0.6 is 0 Å². The van der Waals surface area contributed by atoms with Gasteiger partial charge < -0.3 is 14.8 Å². The minimum Gasteiger partial charge on any atom is -0.443 e. The van der Waals surface area contributed by atoms with Crippen LogP contribution in [0.3, 0.4) is 0 Å². The maximum Gasteiger partial charge on any atom is 0.429 e. The summed E-state index contributed by atoms with van der Waals surface area (Å²) < 4.78 is 10.5. The smallest absolute Gasteiger partial charge is 0.429 e. The lowest BCUT2D eigenvalue weighted by Crippen LogP contribution is -2.53. The molecule has 1 aromatic carbocycles. The summed E-state index contributed by atoms with van der Waals surface area (Å²) in [6.45, 7) is 5.88. The zero-order valence-corrected chi connectivity index (χ0v) is 16.0. The number of nitrogens with one attached hydrogen (secondary N) is 2. The molecule has 1 atom stereocenters. The third-order valence-electron chi connectivity index (χ3n) is 3.86. The predicted octanol–water partition coefficient (Wildman–Crippen LogP) is 2.59. The van der Waals surface area contributed by atoms with Gasteiger partial charge in [0.1, 0.15) is 12.2 Å². The van der Waals surface area contributed by atoms with E-state index in [2.05, 4.69) is 10.7 Å². The molecule has 0 spiro atoms. The van der Waals surface area contributed by atoms with Crippen LogP contribution in [-0.4, -0.2) is 41.8 Å². The Kier molecular flexibility index (Phi) is 7.04. The first-order chi connectivity index (χ1) is 12.7. The third-order valence-corrected chi connectivity index (χ3v) is 3.86. The van der Waals surface area contributed by atoms with Gasteiger partial charge in [0.15, 0.2) is 0 Å². The highest BCUT2D eigenvalue weighted by Gasteiger charge is 2.30. The highest BCUT2D eigenvalue weighted by molar-refractivity contribution is 5.80. The zero-order chi connectivity index (χ0) is 19.9. The largest absolute Gasteiger partial charge is 0.443 e. The molecule has 1 aliphatic heterocycles. The highest BCUT2D eigenvalue weighted by Crippen LogP contribution is 2.15. The Labute approximate surface area is 159 Å². The summed E-state index contributed by atoms with van der Waals surface area (Å²) in [6.07, 6.45) is -0.0819. The number of hydrogen-bond donors (Lipinski definition) is 2.